The largest absolute Gasteiger partial charge is 0.611 e. The van der Waals surface area contributed by atoms with Gasteiger partial charge in [0.25, 0.3) is 0 Å². The summed E-state index contributed by atoms with van der Waals surface area (Å²) in [7, 11) is 0. The molecule has 0 amide bonds. The second-order valence-electron chi connectivity index (χ2n) is 3.16. The van der Waals surface area contributed by atoms with Gasteiger partial charge in [-0.3, -0.25) is 4.98 Å². The van der Waals surface area contributed by atoms with Crippen LogP contribution in [0.3, 0.4) is 0 Å². The summed E-state index contributed by atoms with van der Waals surface area (Å²) in [6.45, 7) is 3.58. The molecule has 15 heavy (non-hydrogen) atoms. The first-order chi connectivity index (χ1) is 7.31. The molecule has 1 unspecified atom stereocenters. The third-order valence-electron chi connectivity index (χ3n) is 2.10. The van der Waals surface area contributed by atoms with Gasteiger partial charge in [-0.05, 0) is 23.3 Å². The monoisotopic (exact) mass is 217 g/mol. The average Bonchev–Trinajstić information content (AvgIpc) is 2.29. The molecule has 2 aromatic rings. The van der Waals surface area contributed by atoms with Gasteiger partial charge in [0, 0.05) is 11.5 Å². The average molecular weight is 217 g/mol. The van der Waals surface area contributed by atoms with Crippen LogP contribution in [-0.2, 0) is 11.2 Å². The van der Waals surface area contributed by atoms with E-state index in [0.29, 0.717) is 5.75 Å². The predicted molar refractivity (Wildman–Crippen MR) is 63.2 cm³/mol. The maximum atomic E-state index is 11.7. The summed E-state index contributed by atoms with van der Waals surface area (Å²) < 4.78 is 11.7. The van der Waals surface area contributed by atoms with E-state index in [2.05, 4.69) is 11.6 Å². The van der Waals surface area contributed by atoms with Crippen molar-refractivity contribution in [2.24, 2.45) is 0 Å². The smallest absolute Gasteiger partial charge is 0.171 e. The summed E-state index contributed by atoms with van der Waals surface area (Å²) >= 11 is -1.02. The van der Waals surface area contributed by atoms with Gasteiger partial charge in [0.2, 0.25) is 0 Å². The van der Waals surface area contributed by atoms with Crippen molar-refractivity contribution in [1.82, 2.24) is 4.98 Å². The van der Waals surface area contributed by atoms with Crippen molar-refractivity contribution in [3.8, 4) is 0 Å². The van der Waals surface area contributed by atoms with Gasteiger partial charge in [-0.1, -0.05) is 24.8 Å². The minimum Gasteiger partial charge on any atom is -0.611 e. The number of aromatic nitrogens is 1. The van der Waals surface area contributed by atoms with Gasteiger partial charge in [-0.15, -0.1) is 0 Å². The van der Waals surface area contributed by atoms with Crippen LogP contribution in [0.5, 0.6) is 0 Å². The van der Waals surface area contributed by atoms with Crippen molar-refractivity contribution in [2.45, 2.75) is 4.90 Å². The van der Waals surface area contributed by atoms with Gasteiger partial charge in [0.15, 0.2) is 4.90 Å². The van der Waals surface area contributed by atoms with Gasteiger partial charge in [-0.2, -0.15) is 0 Å². The summed E-state index contributed by atoms with van der Waals surface area (Å²) in [5.41, 5.74) is 0.928. The van der Waals surface area contributed by atoms with Crippen molar-refractivity contribution in [2.75, 3.05) is 5.75 Å². The van der Waals surface area contributed by atoms with Crippen LogP contribution in [0, 0.1) is 0 Å². The summed E-state index contributed by atoms with van der Waals surface area (Å²) in [4.78, 5) is 5.02. The highest BCUT2D eigenvalue weighted by Gasteiger charge is 2.09. The first-order valence-electron chi connectivity index (χ1n) is 4.65. The molecule has 1 atom stereocenters. The van der Waals surface area contributed by atoms with E-state index < -0.39 is 11.2 Å². The Hall–Kier alpha value is -1.32. The van der Waals surface area contributed by atoms with Crippen LogP contribution >= 0.6 is 0 Å². The zero-order valence-electron chi connectivity index (χ0n) is 8.22. The molecule has 0 radical (unpaired) electrons. The molecule has 0 aliphatic heterocycles. The molecule has 0 saturated carbocycles. The lowest BCUT2D eigenvalue weighted by atomic mass is 10.2. The Balaban J connectivity index is 2.42. The predicted octanol–water partition coefficient (Wildman–Crippen LogP) is 2.53. The Morgan fingerprint density at radius 1 is 1.40 bits per heavy atom. The number of benzene rings is 1. The number of hydrogen-bond donors (Lipinski definition) is 0. The Morgan fingerprint density at radius 3 is 3.00 bits per heavy atom. The van der Waals surface area contributed by atoms with Crippen LogP contribution in [0.25, 0.3) is 10.9 Å². The number of hydrogen-bond acceptors (Lipinski definition) is 2. The van der Waals surface area contributed by atoms with Crippen LogP contribution in [0.15, 0.2) is 54.1 Å². The lowest BCUT2D eigenvalue weighted by molar-refractivity contribution is 0.598. The molecule has 1 aromatic heterocycles. The van der Waals surface area contributed by atoms with Crippen molar-refractivity contribution in [3.63, 3.8) is 0 Å². The SMILES string of the molecule is C=CC[S+]([O-])c1cnc2ccccc2c1. The number of pyridine rings is 1. The molecular weight excluding hydrogens is 206 g/mol. The lowest BCUT2D eigenvalue weighted by Gasteiger charge is -2.07. The topological polar surface area (TPSA) is 36.0 Å². The molecule has 3 heteroatoms. The number of fused-ring (bicyclic) bond motifs is 1. The third kappa shape index (κ3) is 2.19. The minimum atomic E-state index is -1.02. The molecule has 0 bridgehead atoms. The van der Waals surface area contributed by atoms with Crippen LogP contribution in [0.1, 0.15) is 0 Å². The maximum absolute atomic E-state index is 11.7. The highest BCUT2D eigenvalue weighted by molar-refractivity contribution is 7.91. The molecule has 76 valence electrons. The summed E-state index contributed by atoms with van der Waals surface area (Å²) in [5, 5.41) is 1.02. The highest BCUT2D eigenvalue weighted by atomic mass is 32.2. The zero-order chi connectivity index (χ0) is 10.7. The Morgan fingerprint density at radius 2 is 2.20 bits per heavy atom. The van der Waals surface area contributed by atoms with E-state index in [9.17, 15) is 4.55 Å². The molecule has 2 rings (SSSR count). The van der Waals surface area contributed by atoms with Gasteiger partial charge < -0.3 is 4.55 Å². The normalized spacial score (nSPS) is 12.6. The summed E-state index contributed by atoms with van der Waals surface area (Å²) in [6, 6.07) is 9.72. The highest BCUT2D eigenvalue weighted by Crippen LogP contribution is 2.17. The standard InChI is InChI=1S/C12H11NOS/c1-2-7-15(14)11-8-10-5-3-4-6-12(10)13-9-11/h2-6,8-9H,1,7H2. The molecule has 0 spiro atoms. The molecule has 1 aromatic carbocycles. The molecule has 0 aliphatic carbocycles. The number of rotatable bonds is 3. The van der Waals surface area contributed by atoms with Crippen LogP contribution < -0.4 is 0 Å². The lowest BCUT2D eigenvalue weighted by Crippen LogP contribution is -2.04. The van der Waals surface area contributed by atoms with Crippen molar-refractivity contribution in [3.05, 3.63) is 49.2 Å². The first-order valence-corrected chi connectivity index (χ1v) is 5.97. The second kappa shape index (κ2) is 4.47. The molecule has 1 heterocycles. The molecule has 2 nitrogen and oxygen atoms in total. The van der Waals surface area contributed by atoms with E-state index in [4.69, 9.17) is 0 Å². The fourth-order valence-corrected chi connectivity index (χ4v) is 2.21. The minimum absolute atomic E-state index is 0.472. The van der Waals surface area contributed by atoms with Crippen LogP contribution in [0.4, 0.5) is 0 Å². The van der Waals surface area contributed by atoms with E-state index >= 15 is 0 Å². The Labute approximate surface area is 91.8 Å². The second-order valence-corrected chi connectivity index (χ2v) is 4.66. The van der Waals surface area contributed by atoms with Gasteiger partial charge in [0.1, 0.15) is 5.75 Å². The first kappa shape index (κ1) is 10.2. The van der Waals surface area contributed by atoms with E-state index in [1.54, 1.807) is 12.3 Å². The number of nitrogens with zero attached hydrogens (tertiary/aromatic N) is 1. The van der Waals surface area contributed by atoms with Crippen molar-refractivity contribution < 1.29 is 4.55 Å². The fourth-order valence-electron chi connectivity index (χ4n) is 1.38. The molecular formula is C12H11NOS. The summed E-state index contributed by atoms with van der Waals surface area (Å²) in [5.74, 6) is 0.472. The summed E-state index contributed by atoms with van der Waals surface area (Å²) in [6.07, 6.45) is 3.33. The molecule has 0 fully saturated rings. The van der Waals surface area contributed by atoms with E-state index in [1.165, 1.54) is 0 Å². The van der Waals surface area contributed by atoms with Crippen LogP contribution in [0.2, 0.25) is 0 Å². The van der Waals surface area contributed by atoms with E-state index in [-0.39, 0.29) is 0 Å². The number of para-hydroxylation sites is 1. The Kier molecular flexibility index (Phi) is 3.04. The maximum Gasteiger partial charge on any atom is 0.171 e. The molecule has 0 N–H and O–H groups in total. The fraction of sp³-hybridized carbons (Fsp3) is 0.0833. The quantitative estimate of drug-likeness (QED) is 0.585. The molecule has 0 aliphatic rings. The van der Waals surface area contributed by atoms with Crippen LogP contribution in [-0.4, -0.2) is 15.3 Å². The van der Waals surface area contributed by atoms with E-state index in [0.717, 1.165) is 15.8 Å². The van der Waals surface area contributed by atoms with Crippen molar-refractivity contribution >= 4 is 22.1 Å². The van der Waals surface area contributed by atoms with Gasteiger partial charge in [-0.25, -0.2) is 0 Å². The van der Waals surface area contributed by atoms with Crippen molar-refractivity contribution in [1.29, 1.82) is 0 Å². The zero-order valence-corrected chi connectivity index (χ0v) is 9.04. The van der Waals surface area contributed by atoms with E-state index in [1.807, 2.05) is 30.3 Å². The third-order valence-corrected chi connectivity index (χ3v) is 3.39. The van der Waals surface area contributed by atoms with Gasteiger partial charge in [0.05, 0.1) is 11.7 Å². The Bertz CT molecular complexity index is 484. The molecule has 0 saturated heterocycles. The van der Waals surface area contributed by atoms with Gasteiger partial charge >= 0.3 is 0 Å².